The highest BCUT2D eigenvalue weighted by Crippen LogP contribution is 2.24. The minimum Gasteiger partial charge on any atom is -0.390 e. The van der Waals surface area contributed by atoms with Crippen LogP contribution in [0.5, 0.6) is 0 Å². The van der Waals surface area contributed by atoms with Gasteiger partial charge in [-0.15, -0.1) is 0 Å². The maximum Gasteiger partial charge on any atom is 0.0939 e. The molecule has 4 heteroatoms. The van der Waals surface area contributed by atoms with Crippen LogP contribution in [0.15, 0.2) is 18.2 Å². The first-order valence-electron chi connectivity index (χ1n) is 3.55. The van der Waals surface area contributed by atoms with Gasteiger partial charge in [0.05, 0.1) is 22.8 Å². The summed E-state index contributed by atoms with van der Waals surface area (Å²) in [6.45, 7) is -0.0692. The van der Waals surface area contributed by atoms with Gasteiger partial charge in [0.1, 0.15) is 0 Å². The lowest BCUT2D eigenvalue weighted by Crippen LogP contribution is -1.82. The van der Waals surface area contributed by atoms with Gasteiger partial charge in [0.2, 0.25) is 0 Å². The van der Waals surface area contributed by atoms with Gasteiger partial charge in [-0.1, -0.05) is 17.7 Å². The highest BCUT2D eigenvalue weighted by molar-refractivity contribution is 6.35. The summed E-state index contributed by atoms with van der Waals surface area (Å²) in [6, 6.07) is 5.45. The molecule has 0 unspecified atom stereocenters. The van der Waals surface area contributed by atoms with Crippen molar-refractivity contribution in [2.75, 3.05) is 0 Å². The Balaban J connectivity index is 2.83. The van der Waals surface area contributed by atoms with E-state index in [2.05, 4.69) is 10.2 Å². The summed E-state index contributed by atoms with van der Waals surface area (Å²) in [4.78, 5) is 0. The lowest BCUT2D eigenvalue weighted by Gasteiger charge is -1.93. The third kappa shape index (κ3) is 0.983. The standard InChI is InChI=1S/C8H7ClN2O/c9-5-2-1-3-6-8(5)7(4-12)11-10-6/h1-3,12H,4H2,(H,10,11). The molecule has 1 heterocycles. The van der Waals surface area contributed by atoms with Crippen LogP contribution >= 0.6 is 11.6 Å². The average molecular weight is 183 g/mol. The number of nitrogens with zero attached hydrogens (tertiary/aromatic N) is 1. The number of benzene rings is 1. The van der Waals surface area contributed by atoms with Crippen molar-refractivity contribution in [2.45, 2.75) is 6.61 Å². The average Bonchev–Trinajstić information content (AvgIpc) is 2.49. The Labute approximate surface area is 74.0 Å². The second kappa shape index (κ2) is 2.77. The zero-order valence-corrected chi connectivity index (χ0v) is 6.97. The second-order valence-corrected chi connectivity index (χ2v) is 2.90. The Morgan fingerprint density at radius 3 is 3.08 bits per heavy atom. The summed E-state index contributed by atoms with van der Waals surface area (Å²) in [5.41, 5.74) is 1.45. The molecule has 12 heavy (non-hydrogen) atoms. The molecule has 0 saturated carbocycles. The molecule has 2 aromatic rings. The molecule has 62 valence electrons. The van der Waals surface area contributed by atoms with Crippen LogP contribution in [0, 0.1) is 0 Å². The van der Waals surface area contributed by atoms with Crippen LogP contribution in [0.4, 0.5) is 0 Å². The van der Waals surface area contributed by atoms with Gasteiger partial charge in [-0.2, -0.15) is 5.10 Å². The monoisotopic (exact) mass is 182 g/mol. The predicted octanol–water partition coefficient (Wildman–Crippen LogP) is 1.71. The van der Waals surface area contributed by atoms with Crippen LogP contribution < -0.4 is 0 Å². The number of aliphatic hydroxyl groups excluding tert-OH is 1. The van der Waals surface area contributed by atoms with Gasteiger partial charge >= 0.3 is 0 Å². The molecule has 3 nitrogen and oxygen atoms in total. The van der Waals surface area contributed by atoms with Crippen molar-refractivity contribution in [1.82, 2.24) is 10.2 Å². The Morgan fingerprint density at radius 1 is 1.50 bits per heavy atom. The fourth-order valence-corrected chi connectivity index (χ4v) is 1.49. The molecule has 0 aliphatic carbocycles. The molecule has 0 saturated heterocycles. The molecule has 1 aromatic carbocycles. The lowest BCUT2D eigenvalue weighted by atomic mass is 10.2. The third-order valence-electron chi connectivity index (χ3n) is 1.76. The summed E-state index contributed by atoms with van der Waals surface area (Å²) in [6.07, 6.45) is 0. The van der Waals surface area contributed by atoms with E-state index in [0.717, 1.165) is 10.9 Å². The number of rotatable bonds is 1. The summed E-state index contributed by atoms with van der Waals surface area (Å²) < 4.78 is 0. The number of nitrogens with one attached hydrogen (secondary N) is 1. The minimum absolute atomic E-state index is 0.0692. The number of aromatic amines is 1. The predicted molar refractivity (Wildman–Crippen MR) is 47.0 cm³/mol. The fraction of sp³-hybridized carbons (Fsp3) is 0.125. The number of halogens is 1. The summed E-state index contributed by atoms with van der Waals surface area (Å²) in [7, 11) is 0. The maximum atomic E-state index is 8.92. The van der Waals surface area contributed by atoms with Gasteiger partial charge in [-0.3, -0.25) is 5.10 Å². The SMILES string of the molecule is OCc1[nH]nc2cccc(Cl)c12. The summed E-state index contributed by atoms with van der Waals surface area (Å²) in [5, 5.41) is 17.0. The topological polar surface area (TPSA) is 48.9 Å². The van der Waals surface area contributed by atoms with Gasteiger partial charge in [0, 0.05) is 5.39 Å². The van der Waals surface area contributed by atoms with Crippen LogP contribution in [0.3, 0.4) is 0 Å². The second-order valence-electron chi connectivity index (χ2n) is 2.49. The lowest BCUT2D eigenvalue weighted by molar-refractivity contribution is 0.278. The Hall–Kier alpha value is -1.06. The normalized spacial score (nSPS) is 10.8. The van der Waals surface area contributed by atoms with Crippen molar-refractivity contribution in [1.29, 1.82) is 0 Å². The number of H-pyrrole nitrogens is 1. The van der Waals surface area contributed by atoms with Crippen molar-refractivity contribution < 1.29 is 5.11 Å². The molecule has 0 fully saturated rings. The van der Waals surface area contributed by atoms with Crippen molar-refractivity contribution in [3.8, 4) is 0 Å². The maximum absolute atomic E-state index is 8.92. The molecule has 0 aliphatic rings. The number of hydrogen-bond donors (Lipinski definition) is 2. The Bertz CT molecular complexity index is 410. The van der Waals surface area contributed by atoms with Crippen LogP contribution in [0.2, 0.25) is 5.02 Å². The number of fused-ring (bicyclic) bond motifs is 1. The first-order chi connectivity index (χ1) is 5.83. The minimum atomic E-state index is -0.0692. The Morgan fingerprint density at radius 2 is 2.33 bits per heavy atom. The van der Waals surface area contributed by atoms with E-state index < -0.39 is 0 Å². The molecule has 0 amide bonds. The van der Waals surface area contributed by atoms with Crippen molar-refractivity contribution >= 4 is 22.5 Å². The molecular weight excluding hydrogens is 176 g/mol. The zero-order chi connectivity index (χ0) is 8.55. The van der Waals surface area contributed by atoms with Gasteiger partial charge in [-0.25, -0.2) is 0 Å². The van der Waals surface area contributed by atoms with Crippen molar-refractivity contribution in [2.24, 2.45) is 0 Å². The van der Waals surface area contributed by atoms with Gasteiger partial charge in [-0.05, 0) is 12.1 Å². The van der Waals surface area contributed by atoms with Gasteiger partial charge < -0.3 is 5.11 Å². The highest BCUT2D eigenvalue weighted by atomic mass is 35.5. The number of aromatic nitrogens is 2. The fourth-order valence-electron chi connectivity index (χ4n) is 1.20. The first-order valence-corrected chi connectivity index (χ1v) is 3.93. The molecule has 2 rings (SSSR count). The number of hydrogen-bond acceptors (Lipinski definition) is 2. The van der Waals surface area contributed by atoms with E-state index in [0.29, 0.717) is 10.7 Å². The molecule has 0 aliphatic heterocycles. The summed E-state index contributed by atoms with van der Waals surface area (Å²) >= 11 is 5.91. The van der Waals surface area contributed by atoms with Crippen LogP contribution in [-0.4, -0.2) is 15.3 Å². The van der Waals surface area contributed by atoms with E-state index >= 15 is 0 Å². The highest BCUT2D eigenvalue weighted by Gasteiger charge is 2.06. The molecule has 0 spiro atoms. The van der Waals surface area contributed by atoms with Crippen LogP contribution in [-0.2, 0) is 6.61 Å². The Kier molecular flexibility index (Phi) is 1.75. The van der Waals surface area contributed by atoms with Crippen molar-refractivity contribution in [3.05, 3.63) is 28.9 Å². The quantitative estimate of drug-likeness (QED) is 0.706. The molecule has 0 bridgehead atoms. The van der Waals surface area contributed by atoms with E-state index in [1.165, 1.54) is 0 Å². The molecule has 0 atom stereocenters. The smallest absolute Gasteiger partial charge is 0.0939 e. The van der Waals surface area contributed by atoms with Crippen LogP contribution in [0.1, 0.15) is 5.69 Å². The molecule has 1 aromatic heterocycles. The first kappa shape index (κ1) is 7.58. The van der Waals surface area contributed by atoms with Gasteiger partial charge in [0.25, 0.3) is 0 Å². The van der Waals surface area contributed by atoms with Crippen LogP contribution in [0.25, 0.3) is 10.9 Å². The summed E-state index contributed by atoms with van der Waals surface area (Å²) in [5.74, 6) is 0. The largest absolute Gasteiger partial charge is 0.390 e. The van der Waals surface area contributed by atoms with E-state index in [4.69, 9.17) is 16.7 Å². The van der Waals surface area contributed by atoms with E-state index in [-0.39, 0.29) is 6.61 Å². The molecular formula is C8H7ClN2O. The van der Waals surface area contributed by atoms with Gasteiger partial charge in [0.15, 0.2) is 0 Å². The van der Waals surface area contributed by atoms with Crippen molar-refractivity contribution in [3.63, 3.8) is 0 Å². The molecule has 0 radical (unpaired) electrons. The zero-order valence-electron chi connectivity index (χ0n) is 6.21. The van der Waals surface area contributed by atoms with E-state index in [9.17, 15) is 0 Å². The third-order valence-corrected chi connectivity index (χ3v) is 2.08. The number of aliphatic hydroxyl groups is 1. The van der Waals surface area contributed by atoms with E-state index in [1.54, 1.807) is 6.07 Å². The van der Waals surface area contributed by atoms with E-state index in [1.807, 2.05) is 12.1 Å². The molecule has 2 N–H and O–H groups in total.